The van der Waals surface area contributed by atoms with Crippen LogP contribution >= 0.6 is 0 Å². The number of carbonyl (C=O) groups is 2. The lowest BCUT2D eigenvalue weighted by molar-refractivity contribution is -0.142. The fourth-order valence-corrected chi connectivity index (χ4v) is 3.21. The maximum atomic E-state index is 12.6. The molecule has 21 heavy (non-hydrogen) atoms. The highest BCUT2D eigenvalue weighted by Gasteiger charge is 2.43. The van der Waals surface area contributed by atoms with Crippen LogP contribution in [0.3, 0.4) is 0 Å². The number of amides is 2. The predicted octanol–water partition coefficient (Wildman–Crippen LogP) is 1.84. The molecule has 2 aliphatic rings. The summed E-state index contributed by atoms with van der Waals surface area (Å²) in [5.74, 6) is -1.51. The van der Waals surface area contributed by atoms with E-state index in [0.717, 1.165) is 32.1 Å². The molecule has 2 fully saturated rings. The molecular formula is C15H26N2O4. The second-order valence-corrected chi connectivity index (χ2v) is 6.16. The first-order valence-electron chi connectivity index (χ1n) is 7.92. The summed E-state index contributed by atoms with van der Waals surface area (Å²) in [7, 11) is 0. The largest absolute Gasteiger partial charge is 0.481 e. The third-order valence-electron chi connectivity index (χ3n) is 4.85. The Morgan fingerprint density at radius 2 is 2.05 bits per heavy atom. The van der Waals surface area contributed by atoms with Crippen molar-refractivity contribution < 1.29 is 19.4 Å². The van der Waals surface area contributed by atoms with Gasteiger partial charge in [0.05, 0.1) is 19.3 Å². The molecule has 6 heteroatoms. The topological polar surface area (TPSA) is 78.9 Å². The molecule has 0 aromatic rings. The highest BCUT2D eigenvalue weighted by atomic mass is 16.5. The Morgan fingerprint density at radius 1 is 1.33 bits per heavy atom. The van der Waals surface area contributed by atoms with Gasteiger partial charge < -0.3 is 20.1 Å². The zero-order valence-corrected chi connectivity index (χ0v) is 12.9. The van der Waals surface area contributed by atoms with Crippen LogP contribution in [0.25, 0.3) is 0 Å². The standard InChI is InChI=1S/C15H26N2O4/c1-3-8-17(12-10-21-9-11(12)13(18)19)14(20)16-15(4-2)6-5-7-15/h11-12H,3-10H2,1-2H3,(H,16,20)(H,18,19). The molecule has 1 saturated carbocycles. The molecule has 2 amide bonds. The molecule has 1 heterocycles. The number of nitrogens with one attached hydrogen (secondary N) is 1. The fourth-order valence-electron chi connectivity index (χ4n) is 3.21. The summed E-state index contributed by atoms with van der Waals surface area (Å²) in [6.45, 7) is 5.13. The third kappa shape index (κ3) is 3.31. The molecule has 2 N–H and O–H groups in total. The number of aliphatic carboxylic acids is 1. The lowest BCUT2D eigenvalue weighted by Crippen LogP contribution is -2.59. The number of carbonyl (C=O) groups excluding carboxylic acids is 1. The summed E-state index contributed by atoms with van der Waals surface area (Å²) in [6.07, 6.45) is 4.89. The van der Waals surface area contributed by atoms with E-state index in [0.29, 0.717) is 13.2 Å². The van der Waals surface area contributed by atoms with Crippen LogP contribution in [0.15, 0.2) is 0 Å². The van der Waals surface area contributed by atoms with Crippen molar-refractivity contribution in [2.75, 3.05) is 19.8 Å². The van der Waals surface area contributed by atoms with E-state index in [-0.39, 0.29) is 24.2 Å². The minimum absolute atomic E-state index is 0.0821. The summed E-state index contributed by atoms with van der Waals surface area (Å²) in [5, 5.41) is 12.4. The molecule has 2 atom stereocenters. The smallest absolute Gasteiger partial charge is 0.318 e. The monoisotopic (exact) mass is 298 g/mol. The minimum atomic E-state index is -0.889. The zero-order valence-electron chi connectivity index (χ0n) is 12.9. The Bertz CT molecular complexity index is 390. The van der Waals surface area contributed by atoms with E-state index in [1.54, 1.807) is 4.90 Å². The fraction of sp³-hybridized carbons (Fsp3) is 0.867. The van der Waals surface area contributed by atoms with Crippen LogP contribution in [-0.2, 0) is 9.53 Å². The second-order valence-electron chi connectivity index (χ2n) is 6.16. The van der Waals surface area contributed by atoms with Gasteiger partial charge in [-0.3, -0.25) is 4.79 Å². The Hall–Kier alpha value is -1.30. The van der Waals surface area contributed by atoms with Crippen molar-refractivity contribution in [3.8, 4) is 0 Å². The van der Waals surface area contributed by atoms with E-state index in [9.17, 15) is 14.7 Å². The number of rotatable bonds is 6. The van der Waals surface area contributed by atoms with Gasteiger partial charge in [0.1, 0.15) is 5.92 Å². The minimum Gasteiger partial charge on any atom is -0.481 e. The summed E-state index contributed by atoms with van der Waals surface area (Å²) >= 11 is 0. The molecule has 120 valence electrons. The van der Waals surface area contributed by atoms with Gasteiger partial charge in [0.25, 0.3) is 0 Å². The Kier molecular flexibility index (Phi) is 5.08. The van der Waals surface area contributed by atoms with Crippen molar-refractivity contribution in [2.45, 2.75) is 57.5 Å². The van der Waals surface area contributed by atoms with Crippen molar-refractivity contribution in [3.63, 3.8) is 0 Å². The van der Waals surface area contributed by atoms with Gasteiger partial charge in [-0.15, -0.1) is 0 Å². The van der Waals surface area contributed by atoms with Crippen LogP contribution in [0.5, 0.6) is 0 Å². The van der Waals surface area contributed by atoms with E-state index >= 15 is 0 Å². The first-order chi connectivity index (χ1) is 10.0. The van der Waals surface area contributed by atoms with Crippen molar-refractivity contribution in [2.24, 2.45) is 5.92 Å². The number of carboxylic acid groups (broad SMARTS) is 1. The van der Waals surface area contributed by atoms with E-state index in [1.165, 1.54) is 0 Å². The summed E-state index contributed by atoms with van der Waals surface area (Å²) in [6, 6.07) is -0.503. The SMILES string of the molecule is CCCN(C(=O)NC1(CC)CCC1)C1COCC1C(=O)O. The van der Waals surface area contributed by atoms with E-state index < -0.39 is 11.9 Å². The van der Waals surface area contributed by atoms with Gasteiger partial charge in [0.15, 0.2) is 0 Å². The van der Waals surface area contributed by atoms with E-state index in [4.69, 9.17) is 4.74 Å². The number of nitrogens with zero attached hydrogens (tertiary/aromatic N) is 1. The van der Waals surface area contributed by atoms with Crippen molar-refractivity contribution in [1.82, 2.24) is 10.2 Å². The van der Waals surface area contributed by atoms with E-state index in [1.807, 2.05) is 6.92 Å². The summed E-state index contributed by atoms with van der Waals surface area (Å²) in [4.78, 5) is 25.6. The average Bonchev–Trinajstić information content (AvgIpc) is 2.89. The molecule has 2 unspecified atom stereocenters. The van der Waals surface area contributed by atoms with Crippen LogP contribution in [0.2, 0.25) is 0 Å². The first-order valence-corrected chi connectivity index (χ1v) is 7.92. The van der Waals surface area contributed by atoms with Gasteiger partial charge in [-0.05, 0) is 32.1 Å². The van der Waals surface area contributed by atoms with Crippen molar-refractivity contribution >= 4 is 12.0 Å². The van der Waals surface area contributed by atoms with Gasteiger partial charge in [0, 0.05) is 12.1 Å². The van der Waals surface area contributed by atoms with Crippen molar-refractivity contribution in [3.05, 3.63) is 0 Å². The molecule has 1 saturated heterocycles. The average molecular weight is 298 g/mol. The molecule has 2 rings (SSSR count). The van der Waals surface area contributed by atoms with Gasteiger partial charge in [0.2, 0.25) is 0 Å². The van der Waals surface area contributed by atoms with Gasteiger partial charge in [-0.2, -0.15) is 0 Å². The Labute approximate surface area is 125 Å². The summed E-state index contributed by atoms with van der Waals surface area (Å²) in [5.41, 5.74) is -0.0821. The van der Waals surface area contributed by atoms with Crippen LogP contribution < -0.4 is 5.32 Å². The second kappa shape index (κ2) is 6.64. The van der Waals surface area contributed by atoms with Crippen LogP contribution in [0.4, 0.5) is 4.79 Å². The Morgan fingerprint density at radius 3 is 2.52 bits per heavy atom. The van der Waals surface area contributed by atoms with E-state index in [2.05, 4.69) is 12.2 Å². The molecular weight excluding hydrogens is 272 g/mol. The normalized spacial score (nSPS) is 27.0. The molecule has 1 aliphatic heterocycles. The first kappa shape index (κ1) is 16.1. The molecule has 0 radical (unpaired) electrons. The predicted molar refractivity (Wildman–Crippen MR) is 78.1 cm³/mol. The molecule has 0 spiro atoms. The highest BCUT2D eigenvalue weighted by molar-refractivity contribution is 5.78. The van der Waals surface area contributed by atoms with Crippen LogP contribution in [0.1, 0.15) is 46.0 Å². The third-order valence-corrected chi connectivity index (χ3v) is 4.85. The molecule has 0 aromatic heterocycles. The number of hydrogen-bond donors (Lipinski definition) is 2. The molecule has 0 aromatic carbocycles. The zero-order chi connectivity index (χ0) is 15.5. The van der Waals surface area contributed by atoms with Gasteiger partial charge in [-0.25, -0.2) is 4.79 Å². The lowest BCUT2D eigenvalue weighted by Gasteiger charge is -2.44. The maximum Gasteiger partial charge on any atom is 0.318 e. The number of hydrogen-bond acceptors (Lipinski definition) is 3. The number of ether oxygens (including phenoxy) is 1. The molecule has 6 nitrogen and oxygen atoms in total. The Balaban J connectivity index is 2.07. The lowest BCUT2D eigenvalue weighted by atomic mass is 9.75. The molecule has 0 bridgehead atoms. The van der Waals surface area contributed by atoms with Crippen molar-refractivity contribution in [1.29, 1.82) is 0 Å². The quantitative estimate of drug-likeness (QED) is 0.784. The van der Waals surface area contributed by atoms with Crippen LogP contribution in [0, 0.1) is 5.92 Å². The maximum absolute atomic E-state index is 12.6. The molecule has 1 aliphatic carbocycles. The van der Waals surface area contributed by atoms with Gasteiger partial charge >= 0.3 is 12.0 Å². The summed E-state index contributed by atoms with van der Waals surface area (Å²) < 4.78 is 5.30. The van der Waals surface area contributed by atoms with Crippen LogP contribution in [-0.4, -0.2) is 53.3 Å². The van der Waals surface area contributed by atoms with Gasteiger partial charge in [-0.1, -0.05) is 13.8 Å². The number of urea groups is 1. The highest BCUT2D eigenvalue weighted by Crippen LogP contribution is 2.35. The number of carboxylic acids is 1.